The van der Waals surface area contributed by atoms with Crippen molar-refractivity contribution < 1.29 is 9.53 Å². The topological polar surface area (TPSA) is 69.0 Å². The molecule has 0 fully saturated rings. The molecule has 1 aliphatic rings. The lowest BCUT2D eigenvalue weighted by molar-refractivity contribution is 0.0930. The summed E-state index contributed by atoms with van der Waals surface area (Å²) in [6.07, 6.45) is 5.54. The van der Waals surface area contributed by atoms with Crippen LogP contribution in [0.5, 0.6) is 5.88 Å². The van der Waals surface area contributed by atoms with Crippen LogP contribution in [-0.4, -0.2) is 27.8 Å². The third kappa shape index (κ3) is 2.93. The van der Waals surface area contributed by atoms with Gasteiger partial charge in [-0.25, -0.2) is 4.98 Å². The molecule has 23 heavy (non-hydrogen) atoms. The molecule has 1 atom stereocenters. The highest BCUT2D eigenvalue weighted by atomic mass is 16.5. The minimum Gasteiger partial charge on any atom is -0.480 e. The van der Waals surface area contributed by atoms with Crippen LogP contribution in [-0.2, 0) is 19.9 Å². The van der Waals surface area contributed by atoms with Crippen LogP contribution < -0.4 is 10.1 Å². The number of nitrogens with one attached hydrogen (secondary N) is 1. The monoisotopic (exact) mass is 314 g/mol. The van der Waals surface area contributed by atoms with E-state index in [1.54, 1.807) is 18.0 Å². The summed E-state index contributed by atoms with van der Waals surface area (Å²) in [5.74, 6) is 0.250. The van der Waals surface area contributed by atoms with Gasteiger partial charge in [-0.1, -0.05) is 6.92 Å². The summed E-state index contributed by atoms with van der Waals surface area (Å²) in [7, 11) is 3.43. The molecule has 0 saturated carbocycles. The molecule has 6 heteroatoms. The van der Waals surface area contributed by atoms with Crippen molar-refractivity contribution >= 4 is 5.91 Å². The van der Waals surface area contributed by atoms with E-state index in [9.17, 15) is 4.79 Å². The van der Waals surface area contributed by atoms with Crippen LogP contribution in [0.2, 0.25) is 0 Å². The molecule has 0 aliphatic heterocycles. The fourth-order valence-corrected chi connectivity index (χ4v) is 3.12. The van der Waals surface area contributed by atoms with Crippen molar-refractivity contribution in [2.45, 2.75) is 38.6 Å². The number of methoxy groups -OCH3 is 1. The summed E-state index contributed by atoms with van der Waals surface area (Å²) < 4.78 is 7.12. The predicted octanol–water partition coefficient (Wildman–Crippen LogP) is 2.19. The van der Waals surface area contributed by atoms with Gasteiger partial charge in [0.1, 0.15) is 5.56 Å². The van der Waals surface area contributed by atoms with Crippen LogP contribution in [0.3, 0.4) is 0 Å². The molecule has 2 heterocycles. The number of carbonyl (C=O) groups excluding carboxylic acids is 1. The zero-order valence-electron chi connectivity index (χ0n) is 13.8. The molecule has 0 radical (unpaired) electrons. The summed E-state index contributed by atoms with van der Waals surface area (Å²) in [5, 5.41) is 7.25. The Morgan fingerprint density at radius 1 is 1.48 bits per heavy atom. The Morgan fingerprint density at radius 2 is 2.30 bits per heavy atom. The summed E-state index contributed by atoms with van der Waals surface area (Å²) in [6, 6.07) is 3.76. The largest absolute Gasteiger partial charge is 0.480 e. The van der Waals surface area contributed by atoms with Crippen molar-refractivity contribution in [3.63, 3.8) is 0 Å². The zero-order valence-corrected chi connectivity index (χ0v) is 13.8. The number of carbonyl (C=O) groups is 1. The van der Waals surface area contributed by atoms with Gasteiger partial charge in [-0.05, 0) is 43.4 Å². The highest BCUT2D eigenvalue weighted by Crippen LogP contribution is 2.27. The first kappa shape index (κ1) is 15.5. The number of hydrogen-bond donors (Lipinski definition) is 1. The van der Waals surface area contributed by atoms with Crippen molar-refractivity contribution in [3.05, 3.63) is 40.8 Å². The average Bonchev–Trinajstić information content (AvgIpc) is 3.19. The second-order valence-electron chi connectivity index (χ2n) is 5.82. The van der Waals surface area contributed by atoms with Crippen LogP contribution in [0.25, 0.3) is 0 Å². The fraction of sp³-hybridized carbons (Fsp3) is 0.471. The Morgan fingerprint density at radius 3 is 2.96 bits per heavy atom. The minimum atomic E-state index is -0.155. The van der Waals surface area contributed by atoms with E-state index in [0.29, 0.717) is 11.4 Å². The van der Waals surface area contributed by atoms with Gasteiger partial charge >= 0.3 is 0 Å². The number of aryl methyl sites for hydroxylation is 3. The Kier molecular flexibility index (Phi) is 4.32. The lowest BCUT2D eigenvalue weighted by Gasteiger charge is -2.18. The van der Waals surface area contributed by atoms with Crippen LogP contribution in [0.4, 0.5) is 0 Å². The predicted molar refractivity (Wildman–Crippen MR) is 86.5 cm³/mol. The molecule has 6 nitrogen and oxygen atoms in total. The SMILES string of the molecule is CC[C@H](NC(=O)c1cc2c(nc1OC)CCC2)c1ccnn1C. The van der Waals surface area contributed by atoms with Crippen LogP contribution in [0.15, 0.2) is 18.3 Å². The molecule has 0 spiro atoms. The van der Waals surface area contributed by atoms with Gasteiger partial charge in [-0.2, -0.15) is 5.10 Å². The Labute approximate surface area is 135 Å². The third-order valence-corrected chi connectivity index (χ3v) is 4.38. The third-order valence-electron chi connectivity index (χ3n) is 4.38. The first-order valence-corrected chi connectivity index (χ1v) is 7.99. The van der Waals surface area contributed by atoms with E-state index in [4.69, 9.17) is 4.74 Å². The molecule has 0 bridgehead atoms. The van der Waals surface area contributed by atoms with Gasteiger partial charge in [0, 0.05) is 18.9 Å². The second kappa shape index (κ2) is 6.40. The van der Waals surface area contributed by atoms with Crippen molar-refractivity contribution in [2.24, 2.45) is 7.05 Å². The average molecular weight is 314 g/mol. The standard InChI is InChI=1S/C17H22N4O2/c1-4-13(15-8-9-18-21(15)2)19-16(22)12-10-11-6-5-7-14(11)20-17(12)23-3/h8-10,13H,4-7H2,1-3H3,(H,19,22)/t13-/m0/s1. The van der Waals surface area contributed by atoms with E-state index < -0.39 is 0 Å². The molecule has 0 aromatic carbocycles. The van der Waals surface area contributed by atoms with Crippen molar-refractivity contribution in [1.29, 1.82) is 0 Å². The molecular formula is C17H22N4O2. The number of ether oxygens (including phenoxy) is 1. The Bertz CT molecular complexity index is 723. The number of rotatable bonds is 5. The normalized spacial score (nSPS) is 14.4. The quantitative estimate of drug-likeness (QED) is 0.918. The van der Waals surface area contributed by atoms with Gasteiger partial charge in [0.25, 0.3) is 5.91 Å². The van der Waals surface area contributed by atoms with Gasteiger partial charge < -0.3 is 10.1 Å². The van der Waals surface area contributed by atoms with E-state index in [-0.39, 0.29) is 11.9 Å². The number of amides is 1. The molecule has 2 aromatic rings. The van der Waals surface area contributed by atoms with Crippen molar-refractivity contribution in [2.75, 3.05) is 7.11 Å². The smallest absolute Gasteiger partial charge is 0.257 e. The number of aromatic nitrogens is 3. The van der Waals surface area contributed by atoms with Gasteiger partial charge in [0.15, 0.2) is 0 Å². The molecule has 3 rings (SSSR count). The van der Waals surface area contributed by atoms with Gasteiger partial charge in [-0.15, -0.1) is 0 Å². The van der Waals surface area contributed by atoms with Crippen LogP contribution >= 0.6 is 0 Å². The minimum absolute atomic E-state index is 0.0899. The van der Waals surface area contributed by atoms with Crippen molar-refractivity contribution in [1.82, 2.24) is 20.1 Å². The molecule has 1 aliphatic carbocycles. The second-order valence-corrected chi connectivity index (χ2v) is 5.82. The van der Waals surface area contributed by atoms with Gasteiger partial charge in [0.05, 0.1) is 18.8 Å². The van der Waals surface area contributed by atoms with Crippen LogP contribution in [0, 0.1) is 0 Å². The molecule has 1 amide bonds. The first-order valence-electron chi connectivity index (χ1n) is 7.99. The number of nitrogens with zero attached hydrogens (tertiary/aromatic N) is 3. The van der Waals surface area contributed by atoms with Crippen molar-refractivity contribution in [3.8, 4) is 5.88 Å². The van der Waals surface area contributed by atoms with Gasteiger partial charge in [-0.3, -0.25) is 9.48 Å². The first-order chi connectivity index (χ1) is 11.1. The Hall–Kier alpha value is -2.37. The summed E-state index contributed by atoms with van der Waals surface area (Å²) >= 11 is 0. The summed E-state index contributed by atoms with van der Waals surface area (Å²) in [4.78, 5) is 17.2. The van der Waals surface area contributed by atoms with E-state index in [0.717, 1.165) is 42.6 Å². The molecule has 0 unspecified atom stereocenters. The maximum atomic E-state index is 12.7. The van der Waals surface area contributed by atoms with E-state index in [2.05, 4.69) is 15.4 Å². The maximum absolute atomic E-state index is 12.7. The highest BCUT2D eigenvalue weighted by Gasteiger charge is 2.23. The number of fused-ring (bicyclic) bond motifs is 1. The molecule has 1 N–H and O–H groups in total. The molecule has 122 valence electrons. The molecule has 2 aromatic heterocycles. The molecule has 0 saturated heterocycles. The lowest BCUT2D eigenvalue weighted by atomic mass is 10.1. The fourth-order valence-electron chi connectivity index (χ4n) is 3.12. The zero-order chi connectivity index (χ0) is 16.4. The number of pyridine rings is 1. The number of hydrogen-bond acceptors (Lipinski definition) is 4. The van der Waals surface area contributed by atoms with Gasteiger partial charge in [0.2, 0.25) is 5.88 Å². The van der Waals surface area contributed by atoms with Crippen LogP contribution in [0.1, 0.15) is 53.1 Å². The molecular weight excluding hydrogens is 292 g/mol. The van der Waals surface area contributed by atoms with E-state index in [1.807, 2.05) is 26.1 Å². The highest BCUT2D eigenvalue weighted by molar-refractivity contribution is 5.96. The van der Waals surface area contributed by atoms with E-state index >= 15 is 0 Å². The van der Waals surface area contributed by atoms with E-state index in [1.165, 1.54) is 0 Å². The maximum Gasteiger partial charge on any atom is 0.257 e. The summed E-state index contributed by atoms with van der Waals surface area (Å²) in [5.41, 5.74) is 3.70. The Balaban J connectivity index is 1.87. The lowest BCUT2D eigenvalue weighted by Crippen LogP contribution is -2.30. The summed E-state index contributed by atoms with van der Waals surface area (Å²) in [6.45, 7) is 2.04.